The zero-order valence-corrected chi connectivity index (χ0v) is 12.6. The third-order valence-electron chi connectivity index (χ3n) is 3.42. The minimum absolute atomic E-state index is 0.103. The van der Waals surface area contributed by atoms with Crippen LogP contribution in [-0.2, 0) is 0 Å². The van der Waals surface area contributed by atoms with Crippen LogP contribution in [-0.4, -0.2) is 22.4 Å². The molecule has 2 aromatic carbocycles. The lowest BCUT2D eigenvalue weighted by Crippen LogP contribution is -2.13. The molecule has 126 valence electrons. The molecule has 2 rings (SSSR count). The van der Waals surface area contributed by atoms with Gasteiger partial charge in [-0.05, 0) is 36.8 Å². The second-order valence-electron chi connectivity index (χ2n) is 5.12. The van der Waals surface area contributed by atoms with Gasteiger partial charge in [0.25, 0.3) is 5.69 Å². The van der Waals surface area contributed by atoms with Gasteiger partial charge in [-0.1, -0.05) is 6.07 Å². The Labute approximate surface area is 135 Å². The molecule has 0 fully saturated rings. The van der Waals surface area contributed by atoms with E-state index in [1.54, 1.807) is 0 Å². The number of nitro benzene ring substituents is 1. The highest BCUT2D eigenvalue weighted by molar-refractivity contribution is 5.95. The van der Waals surface area contributed by atoms with E-state index >= 15 is 0 Å². The summed E-state index contributed by atoms with van der Waals surface area (Å²) >= 11 is 0. The molecule has 8 heteroatoms. The van der Waals surface area contributed by atoms with Gasteiger partial charge in [0, 0.05) is 18.2 Å². The first-order valence-corrected chi connectivity index (χ1v) is 6.96. The fourth-order valence-corrected chi connectivity index (χ4v) is 2.10. The maximum Gasteiger partial charge on any atom is 0.293 e. The largest absolute Gasteiger partial charge is 0.387 e. The maximum atomic E-state index is 13.2. The number of carbonyl (C=O) groups excluding carboxylic acids is 1. The number of anilines is 1. The summed E-state index contributed by atoms with van der Waals surface area (Å²) in [6.07, 6.45) is -1.20. The molecule has 0 bridgehead atoms. The van der Waals surface area contributed by atoms with Crippen molar-refractivity contribution in [1.29, 1.82) is 0 Å². The molecule has 24 heavy (non-hydrogen) atoms. The van der Waals surface area contributed by atoms with Gasteiger partial charge in [0.1, 0.15) is 5.69 Å². The summed E-state index contributed by atoms with van der Waals surface area (Å²) in [6, 6.07) is 6.87. The summed E-state index contributed by atoms with van der Waals surface area (Å²) in [6.45, 7) is 1.13. The number of Topliss-reactive ketones (excluding diaryl/α,β-unsaturated/α-hetero) is 1. The molecule has 1 atom stereocenters. The number of hydrogen-bond donors (Lipinski definition) is 2. The first-order valence-electron chi connectivity index (χ1n) is 6.96. The van der Waals surface area contributed by atoms with Crippen LogP contribution >= 0.6 is 0 Å². The number of hydrogen-bond acceptors (Lipinski definition) is 5. The predicted molar refractivity (Wildman–Crippen MR) is 82.9 cm³/mol. The van der Waals surface area contributed by atoms with Crippen molar-refractivity contribution in [1.82, 2.24) is 0 Å². The van der Waals surface area contributed by atoms with Crippen molar-refractivity contribution >= 4 is 17.2 Å². The highest BCUT2D eigenvalue weighted by Crippen LogP contribution is 2.27. The molecule has 0 heterocycles. The topological polar surface area (TPSA) is 92.5 Å². The fourth-order valence-electron chi connectivity index (χ4n) is 2.10. The fraction of sp³-hybridized carbons (Fsp3) is 0.188. The lowest BCUT2D eigenvalue weighted by atomic mass is 10.1. The molecule has 0 radical (unpaired) electrons. The normalized spacial score (nSPS) is 11.8. The van der Waals surface area contributed by atoms with Crippen molar-refractivity contribution in [3.8, 4) is 0 Å². The molecule has 0 aliphatic rings. The molecule has 0 aromatic heterocycles. The molecule has 0 saturated carbocycles. The van der Waals surface area contributed by atoms with Crippen LogP contribution in [0.15, 0.2) is 36.4 Å². The molecule has 1 unspecified atom stereocenters. The number of aliphatic hydroxyl groups excluding tert-OH is 1. The Balaban J connectivity index is 2.17. The first-order chi connectivity index (χ1) is 11.3. The van der Waals surface area contributed by atoms with Crippen LogP contribution in [0.2, 0.25) is 0 Å². The van der Waals surface area contributed by atoms with Crippen molar-refractivity contribution in [2.45, 2.75) is 13.0 Å². The van der Waals surface area contributed by atoms with Crippen molar-refractivity contribution in [2.75, 3.05) is 11.9 Å². The van der Waals surface area contributed by atoms with Gasteiger partial charge in [0.15, 0.2) is 17.4 Å². The highest BCUT2D eigenvalue weighted by Gasteiger charge is 2.18. The molecule has 2 aromatic rings. The van der Waals surface area contributed by atoms with E-state index in [0.29, 0.717) is 0 Å². The van der Waals surface area contributed by atoms with Gasteiger partial charge < -0.3 is 10.4 Å². The number of nitrogens with one attached hydrogen (secondary N) is 1. The maximum absolute atomic E-state index is 13.2. The van der Waals surface area contributed by atoms with Crippen molar-refractivity contribution in [2.24, 2.45) is 0 Å². The van der Waals surface area contributed by atoms with E-state index in [4.69, 9.17) is 0 Å². The number of carbonyl (C=O) groups is 1. The van der Waals surface area contributed by atoms with E-state index in [1.165, 1.54) is 25.1 Å². The average Bonchev–Trinajstić information content (AvgIpc) is 2.54. The summed E-state index contributed by atoms with van der Waals surface area (Å²) in [5.74, 6) is -2.44. The smallest absolute Gasteiger partial charge is 0.293 e. The van der Waals surface area contributed by atoms with E-state index in [2.05, 4.69) is 5.32 Å². The quantitative estimate of drug-likeness (QED) is 0.480. The van der Waals surface area contributed by atoms with Crippen LogP contribution in [0.5, 0.6) is 0 Å². The van der Waals surface area contributed by atoms with Gasteiger partial charge in [-0.3, -0.25) is 14.9 Å². The Morgan fingerprint density at radius 2 is 1.96 bits per heavy atom. The molecule has 0 aliphatic carbocycles. The number of ketones is 1. The third-order valence-corrected chi connectivity index (χ3v) is 3.42. The van der Waals surface area contributed by atoms with E-state index in [1.807, 2.05) is 0 Å². The SMILES string of the molecule is CC(=O)c1ccc(NCC(O)c2ccc(F)c(F)c2)c([N+](=O)[O-])c1. The Morgan fingerprint density at radius 1 is 1.25 bits per heavy atom. The standard InChI is InChI=1S/C16H14F2N2O4/c1-9(21)10-3-5-14(15(7-10)20(23)24)19-8-16(22)11-2-4-12(17)13(18)6-11/h2-7,16,19,22H,8H2,1H3. The van der Waals surface area contributed by atoms with Crippen LogP contribution in [0.25, 0.3) is 0 Å². The zero-order chi connectivity index (χ0) is 17.9. The van der Waals surface area contributed by atoms with Gasteiger partial charge in [-0.25, -0.2) is 8.78 Å². The van der Waals surface area contributed by atoms with Crippen molar-refractivity contribution < 1.29 is 23.6 Å². The third kappa shape index (κ3) is 3.90. The first kappa shape index (κ1) is 17.5. The summed E-state index contributed by atoms with van der Waals surface area (Å²) < 4.78 is 26.0. The van der Waals surface area contributed by atoms with E-state index in [9.17, 15) is 28.8 Å². The number of aliphatic hydroxyl groups is 1. The van der Waals surface area contributed by atoms with E-state index in [-0.39, 0.29) is 34.8 Å². The number of nitrogens with zero attached hydrogens (tertiary/aromatic N) is 1. The van der Waals surface area contributed by atoms with Gasteiger partial charge in [-0.2, -0.15) is 0 Å². The highest BCUT2D eigenvalue weighted by atomic mass is 19.2. The number of benzene rings is 2. The molecule has 0 spiro atoms. The van der Waals surface area contributed by atoms with Gasteiger partial charge in [0.2, 0.25) is 0 Å². The number of nitro groups is 1. The molecule has 0 saturated heterocycles. The van der Waals surface area contributed by atoms with E-state index < -0.39 is 22.7 Å². The zero-order valence-electron chi connectivity index (χ0n) is 12.6. The molecular formula is C16H14F2N2O4. The van der Waals surface area contributed by atoms with Gasteiger partial charge >= 0.3 is 0 Å². The molecular weight excluding hydrogens is 322 g/mol. The Bertz CT molecular complexity index is 796. The van der Waals surface area contributed by atoms with Gasteiger partial charge in [0.05, 0.1) is 11.0 Å². The Hall–Kier alpha value is -2.87. The average molecular weight is 336 g/mol. The van der Waals surface area contributed by atoms with Crippen LogP contribution in [0.4, 0.5) is 20.2 Å². The summed E-state index contributed by atoms with van der Waals surface area (Å²) in [5, 5.41) is 23.8. The summed E-state index contributed by atoms with van der Waals surface area (Å²) in [4.78, 5) is 21.7. The van der Waals surface area contributed by atoms with E-state index in [0.717, 1.165) is 18.2 Å². The molecule has 6 nitrogen and oxygen atoms in total. The number of rotatable bonds is 6. The molecule has 2 N–H and O–H groups in total. The minimum Gasteiger partial charge on any atom is -0.387 e. The van der Waals surface area contributed by atoms with Crippen molar-refractivity contribution in [3.63, 3.8) is 0 Å². The minimum atomic E-state index is -1.20. The molecule has 0 aliphatic heterocycles. The van der Waals surface area contributed by atoms with Gasteiger partial charge in [-0.15, -0.1) is 0 Å². The lowest BCUT2D eigenvalue weighted by Gasteiger charge is -2.14. The lowest BCUT2D eigenvalue weighted by molar-refractivity contribution is -0.384. The van der Waals surface area contributed by atoms with Crippen LogP contribution in [0.1, 0.15) is 28.9 Å². The van der Waals surface area contributed by atoms with Crippen molar-refractivity contribution in [3.05, 3.63) is 69.3 Å². The summed E-state index contributed by atoms with van der Waals surface area (Å²) in [7, 11) is 0. The van der Waals surface area contributed by atoms with Crippen LogP contribution in [0.3, 0.4) is 0 Å². The Morgan fingerprint density at radius 3 is 2.54 bits per heavy atom. The predicted octanol–water partition coefficient (Wildman–Crippen LogP) is 3.22. The monoisotopic (exact) mass is 336 g/mol. The Kier molecular flexibility index (Phi) is 5.20. The van der Waals surface area contributed by atoms with Crippen LogP contribution < -0.4 is 5.32 Å². The second-order valence-corrected chi connectivity index (χ2v) is 5.12. The second kappa shape index (κ2) is 7.14. The van der Waals surface area contributed by atoms with Crippen LogP contribution in [0, 0.1) is 21.7 Å². The number of halogens is 2. The molecule has 0 amide bonds. The summed E-state index contributed by atoms with van der Waals surface area (Å²) in [5.41, 5.74) is 0.102.